The van der Waals surface area contributed by atoms with Crippen LogP contribution in [0, 0.1) is 12.4 Å². The Labute approximate surface area is 96.5 Å². The van der Waals surface area contributed by atoms with Gasteiger partial charge in [-0.1, -0.05) is 13.8 Å². The van der Waals surface area contributed by atoms with E-state index in [9.17, 15) is 0 Å². The Morgan fingerprint density at radius 1 is 1.18 bits per heavy atom. The third kappa shape index (κ3) is 4.88. The topological polar surface area (TPSA) is 12.9 Å². The fourth-order valence-electron chi connectivity index (χ4n) is 0.626. The first kappa shape index (κ1) is 14.1. The second-order valence-electron chi connectivity index (χ2n) is 2.31. The number of hydrogen-bond acceptors (Lipinski definition) is 1. The van der Waals surface area contributed by atoms with Crippen LogP contribution in [0.3, 0.4) is 0 Å². The molecule has 1 rings (SSSR count). The Morgan fingerprint density at radius 2 is 1.64 bits per heavy atom. The molecule has 0 unspecified atom stereocenters. The molecule has 0 amide bonds. The first-order valence-corrected chi connectivity index (χ1v) is 3.05. The van der Waals surface area contributed by atoms with Gasteiger partial charge in [-0.05, 0) is 0 Å². The number of pyridine rings is 1. The van der Waals surface area contributed by atoms with E-state index in [1.54, 1.807) is 0 Å². The molecule has 1 aromatic heterocycles. The van der Waals surface area contributed by atoms with Gasteiger partial charge < -0.3 is 4.98 Å². The Morgan fingerprint density at radius 3 is 1.91 bits per heavy atom. The van der Waals surface area contributed by atoms with E-state index >= 15 is 0 Å². The molecule has 0 spiro atoms. The molecule has 1 nitrogen and oxygen atoms in total. The van der Waals surface area contributed by atoms with Gasteiger partial charge in [0.15, 0.2) is 0 Å². The van der Waals surface area contributed by atoms with Gasteiger partial charge in [0.1, 0.15) is 0 Å². The summed E-state index contributed by atoms with van der Waals surface area (Å²) in [4.78, 5) is 3.68. The molecule has 0 N–H and O–H groups in total. The molecular weight excluding hydrogens is 478 g/mol. The molecule has 60 valence electrons. The minimum atomic E-state index is 0. The van der Waals surface area contributed by atoms with Crippen LogP contribution < -0.4 is 0 Å². The summed E-state index contributed by atoms with van der Waals surface area (Å²) >= 11 is 0. The average Bonchev–Trinajstić information content (AvgIpc) is 1.90. The molecule has 11 heavy (non-hydrogen) atoms. The van der Waals surface area contributed by atoms with E-state index in [1.807, 2.05) is 12.1 Å². The summed E-state index contributed by atoms with van der Waals surface area (Å²) in [6.45, 7) is 4.27. The Balaban J connectivity index is 0. The maximum Gasteiger partial charge on any atom is 0 e. The van der Waals surface area contributed by atoms with Gasteiger partial charge in [0.05, 0.1) is 0 Å². The Hall–Kier alpha value is 0.527. The van der Waals surface area contributed by atoms with Crippen molar-refractivity contribution in [1.29, 1.82) is 0 Å². The van der Waals surface area contributed by atoms with E-state index in [0.717, 1.165) is 0 Å². The zero-order chi connectivity index (χ0) is 6.69. The summed E-state index contributed by atoms with van der Waals surface area (Å²) in [6, 6.07) is 3.78. The third-order valence-electron chi connectivity index (χ3n) is 1.26. The standard InChI is InChI=1S/C8H9N.2W/c1-7(2)8-3-5-9-6-4-8;;/h3-4,7H,1-2H3;;/q-2;;. The summed E-state index contributed by atoms with van der Waals surface area (Å²) < 4.78 is 0. The van der Waals surface area contributed by atoms with Crippen LogP contribution >= 0.6 is 0 Å². The maximum absolute atomic E-state index is 3.68. The zero-order valence-electron chi connectivity index (χ0n) is 6.50. The van der Waals surface area contributed by atoms with Crippen molar-refractivity contribution in [2.45, 2.75) is 19.8 Å². The van der Waals surface area contributed by atoms with Crippen molar-refractivity contribution < 1.29 is 42.1 Å². The van der Waals surface area contributed by atoms with E-state index in [0.29, 0.717) is 5.92 Å². The van der Waals surface area contributed by atoms with Gasteiger partial charge in [0.2, 0.25) is 0 Å². The van der Waals surface area contributed by atoms with Gasteiger partial charge in [0, 0.05) is 42.1 Å². The van der Waals surface area contributed by atoms with Gasteiger partial charge in [-0.3, -0.25) is 30.1 Å². The van der Waals surface area contributed by atoms with Crippen molar-refractivity contribution in [3.05, 3.63) is 30.1 Å². The van der Waals surface area contributed by atoms with Gasteiger partial charge in [-0.25, -0.2) is 0 Å². The largest absolute Gasteiger partial charge is 0.543 e. The van der Waals surface area contributed by atoms with Crippen LogP contribution in [-0.2, 0) is 42.1 Å². The number of rotatable bonds is 1. The maximum atomic E-state index is 3.68. The minimum absolute atomic E-state index is 0. The second kappa shape index (κ2) is 7.19. The van der Waals surface area contributed by atoms with E-state index in [4.69, 9.17) is 0 Å². The average molecular weight is 487 g/mol. The summed E-state index contributed by atoms with van der Waals surface area (Å²) in [7, 11) is 0. The van der Waals surface area contributed by atoms with E-state index < -0.39 is 0 Å². The van der Waals surface area contributed by atoms with Gasteiger partial charge >= 0.3 is 0 Å². The van der Waals surface area contributed by atoms with Crippen molar-refractivity contribution in [3.8, 4) is 0 Å². The molecule has 0 saturated carbocycles. The molecule has 0 aliphatic heterocycles. The van der Waals surface area contributed by atoms with Crippen molar-refractivity contribution in [3.63, 3.8) is 0 Å². The molecule has 0 atom stereocenters. The summed E-state index contributed by atoms with van der Waals surface area (Å²) in [6.07, 6.45) is 5.47. The monoisotopic (exact) mass is 487 g/mol. The van der Waals surface area contributed by atoms with Crippen molar-refractivity contribution >= 4 is 0 Å². The molecule has 1 heterocycles. The molecule has 3 heteroatoms. The second-order valence-corrected chi connectivity index (χ2v) is 2.31. The zero-order valence-corrected chi connectivity index (χ0v) is 12.4. The molecule has 1 aromatic rings. The molecule has 0 bridgehead atoms. The predicted molar refractivity (Wildman–Crippen MR) is 36.0 cm³/mol. The van der Waals surface area contributed by atoms with Crippen molar-refractivity contribution in [1.82, 2.24) is 4.98 Å². The van der Waals surface area contributed by atoms with E-state index in [1.165, 1.54) is 5.56 Å². The summed E-state index contributed by atoms with van der Waals surface area (Å²) in [5.41, 5.74) is 1.24. The summed E-state index contributed by atoms with van der Waals surface area (Å²) in [5, 5.41) is 0. The number of nitrogens with zero attached hydrogens (tertiary/aromatic N) is 1. The van der Waals surface area contributed by atoms with Crippen LogP contribution in [0.2, 0.25) is 0 Å². The first-order valence-electron chi connectivity index (χ1n) is 3.05. The SMILES string of the molecule is CC(C)c1c[c-]n[c-]c1.[W].[W]. The van der Waals surface area contributed by atoms with Crippen molar-refractivity contribution in [2.24, 2.45) is 0 Å². The molecule has 0 radical (unpaired) electrons. The van der Waals surface area contributed by atoms with Gasteiger partial charge in [-0.15, -0.1) is 5.92 Å². The van der Waals surface area contributed by atoms with E-state index in [-0.39, 0.29) is 42.1 Å². The van der Waals surface area contributed by atoms with Crippen LogP contribution in [0.4, 0.5) is 0 Å². The normalized spacial score (nSPS) is 8.27. The van der Waals surface area contributed by atoms with Gasteiger partial charge in [0.25, 0.3) is 0 Å². The fraction of sp³-hybridized carbons (Fsp3) is 0.375. The first-order chi connectivity index (χ1) is 4.30. The predicted octanol–water partition coefficient (Wildman–Crippen LogP) is 1.80. The Bertz CT molecular complexity index is 175. The smallest absolute Gasteiger partial charge is 0 e. The fourth-order valence-corrected chi connectivity index (χ4v) is 0.626. The van der Waals surface area contributed by atoms with Crippen molar-refractivity contribution in [2.75, 3.05) is 0 Å². The minimum Gasteiger partial charge on any atom is -0.543 e. The van der Waals surface area contributed by atoms with Crippen LogP contribution in [-0.4, -0.2) is 4.98 Å². The van der Waals surface area contributed by atoms with Gasteiger partial charge in [-0.2, -0.15) is 0 Å². The molecule has 0 fully saturated rings. The quantitative estimate of drug-likeness (QED) is 0.552. The number of aromatic nitrogens is 1. The van der Waals surface area contributed by atoms with E-state index in [2.05, 4.69) is 31.2 Å². The molecule has 0 aliphatic rings. The number of hydrogen-bond donors (Lipinski definition) is 0. The molecule has 0 aromatic carbocycles. The third-order valence-corrected chi connectivity index (χ3v) is 1.26. The Kier molecular flexibility index (Phi) is 9.20. The molecule has 0 saturated heterocycles. The summed E-state index contributed by atoms with van der Waals surface area (Å²) in [5.74, 6) is 0.556. The van der Waals surface area contributed by atoms with Crippen LogP contribution in [0.15, 0.2) is 12.1 Å². The molecular formula is C8H9NW2-2. The van der Waals surface area contributed by atoms with Crippen LogP contribution in [0.25, 0.3) is 0 Å². The van der Waals surface area contributed by atoms with Crippen LogP contribution in [0.5, 0.6) is 0 Å². The van der Waals surface area contributed by atoms with Crippen LogP contribution in [0.1, 0.15) is 25.3 Å². The molecule has 0 aliphatic carbocycles.